The van der Waals surface area contributed by atoms with E-state index in [0.717, 1.165) is 0 Å². The van der Waals surface area contributed by atoms with Crippen molar-refractivity contribution in [3.63, 3.8) is 0 Å². The van der Waals surface area contributed by atoms with Crippen LogP contribution < -0.4 is 20.7 Å². The number of anilines is 1. The molecule has 7 heteroatoms. The van der Waals surface area contributed by atoms with Crippen LogP contribution >= 0.6 is 0 Å². The fraction of sp³-hybridized carbons (Fsp3) is 0.158. The molecule has 3 rings (SSSR count). The predicted octanol–water partition coefficient (Wildman–Crippen LogP) is 2.67. The average molecular weight is 353 g/mol. The van der Waals surface area contributed by atoms with E-state index in [-0.39, 0.29) is 11.7 Å². The van der Waals surface area contributed by atoms with E-state index in [2.05, 4.69) is 16.0 Å². The monoisotopic (exact) mass is 353 g/mol. The van der Waals surface area contributed by atoms with Crippen LogP contribution in [0.3, 0.4) is 0 Å². The highest BCUT2D eigenvalue weighted by Gasteiger charge is 2.31. The Balaban J connectivity index is 1.91. The molecule has 1 aliphatic rings. The van der Waals surface area contributed by atoms with E-state index in [1.807, 2.05) is 0 Å². The Morgan fingerprint density at radius 3 is 2.58 bits per heavy atom. The highest BCUT2D eigenvalue weighted by molar-refractivity contribution is 6.06. The minimum atomic E-state index is -0.672. The number of rotatable bonds is 4. The van der Waals surface area contributed by atoms with Crippen LogP contribution in [0.2, 0.25) is 0 Å². The van der Waals surface area contributed by atoms with E-state index in [4.69, 9.17) is 4.74 Å². The third-order valence-electron chi connectivity index (χ3n) is 4.07. The standard InChI is InChI=1S/C19H19N3O4/c1-11-16(18(24)21-13-6-8-15(26-2)9-7-13)17(22-19(25)20-11)12-4-3-5-14(23)10-12/h3-10,17,23H,1-2H3,(H,21,24)(H2,20,22,25). The van der Waals surface area contributed by atoms with Crippen LogP contribution in [0.25, 0.3) is 0 Å². The van der Waals surface area contributed by atoms with E-state index in [0.29, 0.717) is 28.3 Å². The number of aromatic hydroxyl groups is 1. The van der Waals surface area contributed by atoms with Gasteiger partial charge in [0.05, 0.1) is 18.7 Å². The maximum Gasteiger partial charge on any atom is 0.319 e. The molecular weight excluding hydrogens is 334 g/mol. The van der Waals surface area contributed by atoms with Gasteiger partial charge in [-0.2, -0.15) is 0 Å². The minimum Gasteiger partial charge on any atom is -0.508 e. The molecule has 0 aliphatic carbocycles. The summed E-state index contributed by atoms with van der Waals surface area (Å²) in [6.07, 6.45) is 0. The fourth-order valence-electron chi connectivity index (χ4n) is 2.82. The van der Waals surface area contributed by atoms with Gasteiger partial charge >= 0.3 is 6.03 Å². The van der Waals surface area contributed by atoms with Gasteiger partial charge in [-0.05, 0) is 48.9 Å². The lowest BCUT2D eigenvalue weighted by Crippen LogP contribution is -2.45. The van der Waals surface area contributed by atoms with E-state index in [9.17, 15) is 14.7 Å². The number of hydrogen-bond acceptors (Lipinski definition) is 4. The molecule has 1 unspecified atom stereocenters. The number of nitrogens with one attached hydrogen (secondary N) is 3. The number of phenolic OH excluding ortho intramolecular Hbond substituents is 1. The molecule has 4 N–H and O–H groups in total. The van der Waals surface area contributed by atoms with Crippen LogP contribution in [0.1, 0.15) is 18.5 Å². The second-order valence-electron chi connectivity index (χ2n) is 5.85. The highest BCUT2D eigenvalue weighted by atomic mass is 16.5. The summed E-state index contributed by atoms with van der Waals surface area (Å²) in [7, 11) is 1.57. The summed E-state index contributed by atoms with van der Waals surface area (Å²) in [6, 6.07) is 12.3. The summed E-state index contributed by atoms with van der Waals surface area (Å²) in [6.45, 7) is 1.66. The Kier molecular flexibility index (Phi) is 4.79. The first-order valence-corrected chi connectivity index (χ1v) is 8.00. The number of benzene rings is 2. The second-order valence-corrected chi connectivity index (χ2v) is 5.85. The zero-order valence-corrected chi connectivity index (χ0v) is 14.4. The Morgan fingerprint density at radius 2 is 1.92 bits per heavy atom. The van der Waals surface area contributed by atoms with Gasteiger partial charge in [0.2, 0.25) is 0 Å². The molecule has 1 aliphatic heterocycles. The lowest BCUT2D eigenvalue weighted by atomic mass is 9.94. The molecule has 2 aromatic rings. The number of allylic oxidation sites excluding steroid dienone is 1. The smallest absolute Gasteiger partial charge is 0.319 e. The van der Waals surface area contributed by atoms with Gasteiger partial charge in [0.15, 0.2) is 0 Å². The molecule has 3 amide bonds. The molecule has 2 aromatic carbocycles. The molecule has 134 valence electrons. The van der Waals surface area contributed by atoms with Crippen LogP contribution in [0.5, 0.6) is 11.5 Å². The van der Waals surface area contributed by atoms with Gasteiger partial charge in [-0.3, -0.25) is 4.79 Å². The lowest BCUT2D eigenvalue weighted by Gasteiger charge is -2.28. The quantitative estimate of drug-likeness (QED) is 0.679. The molecule has 0 aromatic heterocycles. The third kappa shape index (κ3) is 3.61. The van der Waals surface area contributed by atoms with Gasteiger partial charge in [0, 0.05) is 11.4 Å². The van der Waals surface area contributed by atoms with Crippen molar-refractivity contribution in [1.29, 1.82) is 0 Å². The first-order chi connectivity index (χ1) is 12.5. The number of ether oxygens (including phenoxy) is 1. The molecule has 1 atom stereocenters. The van der Waals surface area contributed by atoms with Crippen LogP contribution in [0.4, 0.5) is 10.5 Å². The SMILES string of the molecule is COc1ccc(NC(=O)C2=C(C)NC(=O)NC2c2cccc(O)c2)cc1. The van der Waals surface area contributed by atoms with Crippen LogP contribution in [-0.2, 0) is 4.79 Å². The van der Waals surface area contributed by atoms with Crippen LogP contribution in [-0.4, -0.2) is 24.2 Å². The molecular formula is C19H19N3O4. The average Bonchev–Trinajstić information content (AvgIpc) is 2.61. The number of carbonyl (C=O) groups is 2. The number of urea groups is 1. The van der Waals surface area contributed by atoms with Crippen molar-refractivity contribution >= 4 is 17.6 Å². The van der Waals surface area contributed by atoms with E-state index < -0.39 is 12.1 Å². The molecule has 0 bridgehead atoms. The fourth-order valence-corrected chi connectivity index (χ4v) is 2.82. The van der Waals surface area contributed by atoms with Gasteiger partial charge in [0.25, 0.3) is 5.91 Å². The van der Waals surface area contributed by atoms with Crippen LogP contribution in [0.15, 0.2) is 59.8 Å². The zero-order chi connectivity index (χ0) is 18.7. The van der Waals surface area contributed by atoms with Crippen LogP contribution in [0, 0.1) is 0 Å². The Labute approximate surface area is 150 Å². The first kappa shape index (κ1) is 17.3. The number of phenols is 1. The van der Waals surface area contributed by atoms with Crippen molar-refractivity contribution < 1.29 is 19.4 Å². The summed E-state index contributed by atoms with van der Waals surface area (Å²) >= 11 is 0. The molecule has 0 saturated heterocycles. The third-order valence-corrected chi connectivity index (χ3v) is 4.07. The topological polar surface area (TPSA) is 99.7 Å². The lowest BCUT2D eigenvalue weighted by molar-refractivity contribution is -0.113. The Bertz CT molecular complexity index is 875. The molecule has 7 nitrogen and oxygen atoms in total. The molecule has 0 spiro atoms. The van der Waals surface area contributed by atoms with Gasteiger partial charge in [-0.1, -0.05) is 12.1 Å². The Morgan fingerprint density at radius 1 is 1.19 bits per heavy atom. The summed E-state index contributed by atoms with van der Waals surface area (Å²) in [5.74, 6) is 0.388. The van der Waals surface area contributed by atoms with Gasteiger partial charge < -0.3 is 25.8 Å². The Hall–Kier alpha value is -3.48. The van der Waals surface area contributed by atoms with Gasteiger partial charge in [-0.15, -0.1) is 0 Å². The number of hydrogen-bond donors (Lipinski definition) is 4. The van der Waals surface area contributed by atoms with Crippen molar-refractivity contribution in [3.8, 4) is 11.5 Å². The first-order valence-electron chi connectivity index (χ1n) is 8.00. The maximum absolute atomic E-state index is 12.9. The maximum atomic E-state index is 12.9. The molecule has 0 fully saturated rings. The highest BCUT2D eigenvalue weighted by Crippen LogP contribution is 2.29. The van der Waals surface area contributed by atoms with Gasteiger partial charge in [-0.25, -0.2) is 4.79 Å². The van der Waals surface area contributed by atoms with E-state index in [1.54, 1.807) is 50.4 Å². The van der Waals surface area contributed by atoms with Crippen molar-refractivity contribution in [2.45, 2.75) is 13.0 Å². The molecule has 26 heavy (non-hydrogen) atoms. The summed E-state index contributed by atoms with van der Waals surface area (Å²) in [5, 5.41) is 17.9. The van der Waals surface area contributed by atoms with Crippen molar-refractivity contribution in [3.05, 3.63) is 65.4 Å². The second kappa shape index (κ2) is 7.18. The number of amides is 3. The van der Waals surface area contributed by atoms with Gasteiger partial charge in [0.1, 0.15) is 11.5 Å². The molecule has 0 radical (unpaired) electrons. The predicted molar refractivity (Wildman–Crippen MR) is 96.8 cm³/mol. The zero-order valence-electron chi connectivity index (χ0n) is 14.4. The van der Waals surface area contributed by atoms with Crippen molar-refractivity contribution in [1.82, 2.24) is 10.6 Å². The summed E-state index contributed by atoms with van der Waals surface area (Å²) in [5.41, 5.74) is 2.03. The summed E-state index contributed by atoms with van der Waals surface area (Å²) < 4.78 is 5.10. The normalized spacial score (nSPS) is 16.5. The number of carbonyl (C=O) groups excluding carboxylic acids is 2. The number of methoxy groups -OCH3 is 1. The summed E-state index contributed by atoms with van der Waals surface area (Å²) in [4.78, 5) is 24.7. The molecule has 1 heterocycles. The van der Waals surface area contributed by atoms with E-state index in [1.165, 1.54) is 12.1 Å². The minimum absolute atomic E-state index is 0.0582. The largest absolute Gasteiger partial charge is 0.508 e. The molecule has 0 saturated carbocycles. The van der Waals surface area contributed by atoms with E-state index >= 15 is 0 Å². The van der Waals surface area contributed by atoms with Crippen molar-refractivity contribution in [2.24, 2.45) is 0 Å². The van der Waals surface area contributed by atoms with Crippen molar-refractivity contribution in [2.75, 3.05) is 12.4 Å².